The molecule has 176 valence electrons. The van der Waals surface area contributed by atoms with Gasteiger partial charge in [-0.1, -0.05) is 51.4 Å². The van der Waals surface area contributed by atoms with E-state index in [0.717, 1.165) is 57.8 Å². The van der Waals surface area contributed by atoms with Gasteiger partial charge in [-0.15, -0.1) is 0 Å². The van der Waals surface area contributed by atoms with Crippen LogP contribution in [0.2, 0.25) is 0 Å². The number of nitrogens with two attached hydrogens (primary N) is 1. The fourth-order valence-corrected chi connectivity index (χ4v) is 8.57. The van der Waals surface area contributed by atoms with Crippen LogP contribution in [-0.4, -0.2) is 42.1 Å². The Hall–Kier alpha value is -0.270. The molecule has 0 radical (unpaired) electrons. The Balaban J connectivity index is 2.13. The molecule has 0 spiro atoms. The molecule has 0 aliphatic heterocycles. The summed E-state index contributed by atoms with van der Waals surface area (Å²) in [6.45, 7) is 0. The molecule has 2 aliphatic rings. The second kappa shape index (κ2) is 10.6. The molecule has 9 nitrogen and oxygen atoms in total. The van der Waals surface area contributed by atoms with Crippen LogP contribution in [0.25, 0.3) is 0 Å². The monoisotopic (exact) mass is 469 g/mol. The first kappa shape index (κ1) is 26.0. The molecule has 0 bridgehead atoms. The van der Waals surface area contributed by atoms with Gasteiger partial charge in [0.05, 0.1) is 0 Å². The zero-order valence-corrected chi connectivity index (χ0v) is 19.2. The maximum Gasteiger partial charge on any atom is 0.340 e. The van der Waals surface area contributed by atoms with Gasteiger partial charge in [-0.3, -0.25) is 13.9 Å². The lowest BCUT2D eigenvalue weighted by Gasteiger charge is -2.50. The van der Waals surface area contributed by atoms with Crippen molar-refractivity contribution in [2.75, 3.05) is 0 Å². The number of hydrogen-bond acceptors (Lipinski definition) is 4. The van der Waals surface area contributed by atoms with Crippen molar-refractivity contribution >= 4 is 21.2 Å². The topological polar surface area (TPSA) is 178 Å². The molecule has 0 saturated heterocycles. The van der Waals surface area contributed by atoms with Crippen molar-refractivity contribution < 1.29 is 38.6 Å². The molecule has 30 heavy (non-hydrogen) atoms. The number of carbonyl (C=O) groups is 1. The number of carboxylic acid groups (broad SMARTS) is 1. The van der Waals surface area contributed by atoms with Crippen LogP contribution in [-0.2, 0) is 13.9 Å². The van der Waals surface area contributed by atoms with E-state index in [1.54, 1.807) is 0 Å². The van der Waals surface area contributed by atoms with E-state index in [0.29, 0.717) is 25.2 Å². The lowest BCUT2D eigenvalue weighted by Crippen LogP contribution is -2.45. The summed E-state index contributed by atoms with van der Waals surface area (Å²) >= 11 is 0. The van der Waals surface area contributed by atoms with Gasteiger partial charge in [0, 0.05) is 0 Å². The van der Waals surface area contributed by atoms with Crippen molar-refractivity contribution in [3.8, 4) is 0 Å². The summed E-state index contributed by atoms with van der Waals surface area (Å²) in [5, 5.41) is 7.43. The summed E-state index contributed by atoms with van der Waals surface area (Å²) in [4.78, 5) is 48.8. The number of hydrogen-bond donors (Lipinski definition) is 6. The van der Waals surface area contributed by atoms with Crippen molar-refractivity contribution in [1.29, 1.82) is 0 Å². The van der Waals surface area contributed by atoms with E-state index in [2.05, 4.69) is 0 Å². The molecule has 2 saturated carbocycles. The molecule has 0 amide bonds. The standard InChI is InChI=1S/C19H37NO8P2/c20-16(18(21)22)13-19(11-4-1-5-12-19)15-9-3-2-7-14(15)8-6-10-17(29(23,24)25)30(26,27)28/h14-17H,1-13,20H2,(H,21,22)(H2,23,24,25)(H2,26,27,28). The summed E-state index contributed by atoms with van der Waals surface area (Å²) in [5.41, 5.74) is 5.82. The van der Waals surface area contributed by atoms with Gasteiger partial charge in [0.1, 0.15) is 6.04 Å². The number of rotatable bonds is 10. The fraction of sp³-hybridized carbons (Fsp3) is 0.947. The molecule has 0 aromatic carbocycles. The van der Waals surface area contributed by atoms with Gasteiger partial charge in [-0.2, -0.15) is 0 Å². The van der Waals surface area contributed by atoms with E-state index in [1.807, 2.05) is 0 Å². The molecule has 3 atom stereocenters. The van der Waals surface area contributed by atoms with Gasteiger partial charge in [0.15, 0.2) is 5.40 Å². The Morgan fingerprint density at radius 2 is 1.53 bits per heavy atom. The highest BCUT2D eigenvalue weighted by molar-refractivity contribution is 7.70. The second-order valence-electron chi connectivity index (χ2n) is 9.31. The Morgan fingerprint density at radius 3 is 2.07 bits per heavy atom. The van der Waals surface area contributed by atoms with Crippen molar-refractivity contribution in [3.05, 3.63) is 0 Å². The largest absolute Gasteiger partial charge is 0.480 e. The van der Waals surface area contributed by atoms with Crippen LogP contribution in [0, 0.1) is 17.3 Å². The van der Waals surface area contributed by atoms with E-state index in [4.69, 9.17) is 5.73 Å². The average Bonchev–Trinajstić information content (AvgIpc) is 2.64. The summed E-state index contributed by atoms with van der Waals surface area (Å²) in [5.74, 6) is -0.439. The minimum Gasteiger partial charge on any atom is -0.480 e. The molecular weight excluding hydrogens is 432 g/mol. The van der Waals surface area contributed by atoms with E-state index < -0.39 is 32.6 Å². The summed E-state index contributed by atoms with van der Waals surface area (Å²) in [6, 6.07) is -0.903. The minimum absolute atomic E-state index is 0.132. The third kappa shape index (κ3) is 6.86. The molecular formula is C19H37NO8P2. The van der Waals surface area contributed by atoms with Gasteiger partial charge < -0.3 is 30.4 Å². The molecule has 2 fully saturated rings. The highest BCUT2D eigenvalue weighted by Gasteiger charge is 2.46. The molecule has 3 unspecified atom stereocenters. The van der Waals surface area contributed by atoms with Gasteiger partial charge in [0.2, 0.25) is 0 Å². The quantitative estimate of drug-likeness (QED) is 0.262. The van der Waals surface area contributed by atoms with Crippen molar-refractivity contribution in [2.45, 2.75) is 94.9 Å². The van der Waals surface area contributed by atoms with E-state index in [-0.39, 0.29) is 17.8 Å². The van der Waals surface area contributed by atoms with Crippen LogP contribution >= 0.6 is 15.2 Å². The first-order chi connectivity index (χ1) is 13.9. The first-order valence-corrected chi connectivity index (χ1v) is 14.3. The molecule has 7 N–H and O–H groups in total. The van der Waals surface area contributed by atoms with Crippen LogP contribution in [0.15, 0.2) is 0 Å². The maximum atomic E-state index is 11.5. The molecule has 2 aliphatic carbocycles. The van der Waals surface area contributed by atoms with Crippen LogP contribution in [0.5, 0.6) is 0 Å². The van der Waals surface area contributed by atoms with Crippen molar-refractivity contribution in [3.63, 3.8) is 0 Å². The van der Waals surface area contributed by atoms with Crippen LogP contribution < -0.4 is 5.73 Å². The Morgan fingerprint density at radius 1 is 0.967 bits per heavy atom. The summed E-state index contributed by atoms with van der Waals surface area (Å²) in [7, 11) is -9.79. The molecule has 2 rings (SSSR count). The smallest absolute Gasteiger partial charge is 0.340 e. The fourth-order valence-electron chi connectivity index (χ4n) is 5.96. The third-order valence-electron chi connectivity index (χ3n) is 7.30. The van der Waals surface area contributed by atoms with E-state index in [1.165, 1.54) is 0 Å². The van der Waals surface area contributed by atoms with E-state index >= 15 is 0 Å². The Bertz CT molecular complexity index is 647. The Labute approximate surface area is 178 Å². The van der Waals surface area contributed by atoms with Crippen LogP contribution in [0.3, 0.4) is 0 Å². The molecule has 0 aromatic heterocycles. The zero-order chi connectivity index (χ0) is 22.6. The lowest BCUT2D eigenvalue weighted by molar-refractivity contribution is -0.140. The van der Waals surface area contributed by atoms with Gasteiger partial charge in [0.25, 0.3) is 0 Å². The van der Waals surface area contributed by atoms with Crippen molar-refractivity contribution in [1.82, 2.24) is 0 Å². The lowest BCUT2D eigenvalue weighted by atomic mass is 9.55. The first-order valence-electron chi connectivity index (χ1n) is 11.0. The molecule has 0 aromatic rings. The highest BCUT2D eigenvalue weighted by Crippen LogP contribution is 2.62. The van der Waals surface area contributed by atoms with Gasteiger partial charge in [-0.05, 0) is 49.4 Å². The van der Waals surface area contributed by atoms with Gasteiger partial charge >= 0.3 is 21.2 Å². The van der Waals surface area contributed by atoms with Gasteiger partial charge in [-0.25, -0.2) is 0 Å². The predicted molar refractivity (Wildman–Crippen MR) is 113 cm³/mol. The summed E-state index contributed by atoms with van der Waals surface area (Å²) in [6.07, 6.45) is 10.3. The highest BCUT2D eigenvalue weighted by atomic mass is 31.2. The predicted octanol–water partition coefficient (Wildman–Crippen LogP) is 3.40. The number of carboxylic acids is 1. The zero-order valence-electron chi connectivity index (χ0n) is 17.4. The SMILES string of the molecule is NC(CC1(C2CCCCC2CCCC(P(=O)(O)O)P(=O)(O)O)CCCCC1)C(=O)O. The minimum atomic E-state index is -4.90. The van der Waals surface area contributed by atoms with Crippen LogP contribution in [0.1, 0.15) is 83.5 Å². The summed E-state index contributed by atoms with van der Waals surface area (Å²) < 4.78 is 23.1. The second-order valence-corrected chi connectivity index (χ2v) is 13.3. The van der Waals surface area contributed by atoms with Crippen molar-refractivity contribution in [2.24, 2.45) is 23.0 Å². The normalized spacial score (nSPS) is 26.5. The maximum absolute atomic E-state index is 11.5. The molecule has 0 heterocycles. The van der Waals surface area contributed by atoms with Crippen LogP contribution in [0.4, 0.5) is 0 Å². The third-order valence-corrected chi connectivity index (χ3v) is 11.2. The average molecular weight is 469 g/mol. The Kier molecular flexibility index (Phi) is 9.15. The number of aliphatic carboxylic acids is 1. The molecule has 11 heteroatoms. The van der Waals surface area contributed by atoms with E-state index in [9.17, 15) is 38.6 Å².